The quantitative estimate of drug-likeness (QED) is 0.181. The van der Waals surface area contributed by atoms with E-state index < -0.39 is 17.6 Å². The fourth-order valence-electron chi connectivity index (χ4n) is 3.52. The van der Waals surface area contributed by atoms with Crippen molar-refractivity contribution in [3.63, 3.8) is 0 Å². The fraction of sp³-hybridized carbons (Fsp3) is 0.231. The van der Waals surface area contributed by atoms with Gasteiger partial charge in [-0.15, -0.1) is 0 Å². The van der Waals surface area contributed by atoms with E-state index >= 15 is 0 Å². The smallest absolute Gasteiger partial charge is 0.341 e. The maximum atomic E-state index is 14.3. The van der Waals surface area contributed by atoms with Gasteiger partial charge in [-0.2, -0.15) is 0 Å². The van der Waals surface area contributed by atoms with E-state index in [1.807, 2.05) is 22.6 Å². The number of phenols is 1. The number of aromatic hydroxyl groups is 1. The van der Waals surface area contributed by atoms with Crippen molar-refractivity contribution in [2.24, 2.45) is 0 Å². The molecule has 0 saturated heterocycles. The Morgan fingerprint density at radius 1 is 1.20 bits per heavy atom. The van der Waals surface area contributed by atoms with Gasteiger partial charge >= 0.3 is 5.97 Å². The summed E-state index contributed by atoms with van der Waals surface area (Å²) >= 11 is 8.50. The summed E-state index contributed by atoms with van der Waals surface area (Å²) in [5.74, 6) is -1.42. The highest BCUT2D eigenvalue weighted by Crippen LogP contribution is 2.50. The molecule has 5 nitrogen and oxygen atoms in total. The lowest BCUT2D eigenvalue weighted by Crippen LogP contribution is -2.02. The molecule has 0 spiro atoms. The van der Waals surface area contributed by atoms with Gasteiger partial charge in [0.1, 0.15) is 28.7 Å². The average molecular weight is 615 g/mol. The summed E-state index contributed by atoms with van der Waals surface area (Å²) in [6.45, 7) is 2.10. The fourth-order valence-corrected chi connectivity index (χ4v) is 4.37. The standard InChI is InChI=1S/C18H15ClF2O2.C8H7IO3/c1-2-23-18-11(9-22)7-14(10-3-4-10)16(17(18)19)13-6-5-12(20)8-15(13)21;1-12-8(11)6-3-2-5(9)4-7(6)10/h5-10H,2-4H2,1H3;2-4,10H,1H3. The summed E-state index contributed by atoms with van der Waals surface area (Å²) in [5, 5.41) is 9.49. The van der Waals surface area contributed by atoms with Gasteiger partial charge in [0.25, 0.3) is 0 Å². The second-order valence-electron chi connectivity index (χ2n) is 7.68. The maximum absolute atomic E-state index is 14.3. The van der Waals surface area contributed by atoms with E-state index in [0.29, 0.717) is 24.0 Å². The number of hydrogen-bond acceptors (Lipinski definition) is 5. The molecule has 0 amide bonds. The Labute approximate surface area is 220 Å². The van der Waals surface area contributed by atoms with Crippen LogP contribution in [0, 0.1) is 15.2 Å². The first-order chi connectivity index (χ1) is 16.7. The Balaban J connectivity index is 0.000000241. The van der Waals surface area contributed by atoms with Gasteiger partial charge in [0.15, 0.2) is 6.29 Å². The molecule has 0 heterocycles. The van der Waals surface area contributed by atoms with Crippen LogP contribution in [-0.4, -0.2) is 31.1 Å². The van der Waals surface area contributed by atoms with Crippen molar-refractivity contribution in [1.82, 2.24) is 0 Å². The van der Waals surface area contributed by atoms with Crippen molar-refractivity contribution in [3.05, 3.63) is 79.4 Å². The second kappa shape index (κ2) is 11.8. The van der Waals surface area contributed by atoms with Crippen LogP contribution in [0.1, 0.15) is 52.0 Å². The minimum Gasteiger partial charge on any atom is -0.507 e. The first-order valence-corrected chi connectivity index (χ1v) is 12.1. The molecule has 1 aliphatic rings. The van der Waals surface area contributed by atoms with Crippen molar-refractivity contribution < 1.29 is 33.0 Å². The summed E-state index contributed by atoms with van der Waals surface area (Å²) in [4.78, 5) is 22.3. The van der Waals surface area contributed by atoms with Crippen molar-refractivity contribution in [1.29, 1.82) is 0 Å². The molecule has 0 atom stereocenters. The van der Waals surface area contributed by atoms with Gasteiger partial charge in [-0.25, -0.2) is 13.6 Å². The van der Waals surface area contributed by atoms with Gasteiger partial charge in [0.05, 0.1) is 24.3 Å². The Morgan fingerprint density at radius 3 is 2.46 bits per heavy atom. The largest absolute Gasteiger partial charge is 0.507 e. The van der Waals surface area contributed by atoms with Gasteiger partial charge in [0.2, 0.25) is 0 Å². The molecule has 0 unspecified atom stereocenters. The van der Waals surface area contributed by atoms with Crippen LogP contribution in [0.4, 0.5) is 8.78 Å². The molecule has 9 heteroatoms. The Bertz CT molecular complexity index is 1260. The topological polar surface area (TPSA) is 72.8 Å². The van der Waals surface area contributed by atoms with Crippen LogP contribution in [0.2, 0.25) is 5.02 Å². The van der Waals surface area contributed by atoms with Crippen LogP contribution in [0.3, 0.4) is 0 Å². The van der Waals surface area contributed by atoms with E-state index in [2.05, 4.69) is 4.74 Å². The number of phenolic OH excluding ortho intramolecular Hbond substituents is 1. The molecule has 1 fully saturated rings. The zero-order chi connectivity index (χ0) is 25.7. The lowest BCUT2D eigenvalue weighted by atomic mass is 9.93. The second-order valence-corrected chi connectivity index (χ2v) is 9.30. The molecule has 1 N–H and O–H groups in total. The van der Waals surface area contributed by atoms with Gasteiger partial charge < -0.3 is 14.6 Å². The number of aldehydes is 1. The van der Waals surface area contributed by atoms with E-state index in [4.69, 9.17) is 16.3 Å². The lowest BCUT2D eigenvalue weighted by Gasteiger charge is -2.18. The average Bonchev–Trinajstić information content (AvgIpc) is 3.66. The number of ether oxygens (including phenoxy) is 2. The maximum Gasteiger partial charge on any atom is 0.341 e. The highest BCUT2D eigenvalue weighted by Gasteiger charge is 2.31. The third kappa shape index (κ3) is 6.29. The van der Waals surface area contributed by atoms with Crippen molar-refractivity contribution in [2.75, 3.05) is 13.7 Å². The van der Waals surface area contributed by atoms with Crippen LogP contribution in [0.5, 0.6) is 11.5 Å². The third-order valence-electron chi connectivity index (χ3n) is 5.28. The summed E-state index contributed by atoms with van der Waals surface area (Å²) in [6.07, 6.45) is 2.60. The lowest BCUT2D eigenvalue weighted by molar-refractivity contribution is 0.0597. The Hall–Kier alpha value is -2.72. The van der Waals surface area contributed by atoms with Gasteiger partial charge in [-0.3, -0.25) is 4.79 Å². The Morgan fingerprint density at radius 2 is 1.91 bits per heavy atom. The number of benzene rings is 3. The monoisotopic (exact) mass is 614 g/mol. The SMILES string of the molecule is CCOc1c(C=O)cc(C2CC2)c(-c2ccc(F)cc2F)c1Cl.COC(=O)c1ccc(I)cc1O. The number of rotatable bonds is 6. The molecule has 1 saturated carbocycles. The highest BCUT2D eigenvalue weighted by atomic mass is 127. The summed E-state index contributed by atoms with van der Waals surface area (Å²) in [7, 11) is 1.28. The number of carbonyl (C=O) groups excluding carboxylic acids is 2. The van der Waals surface area contributed by atoms with Crippen LogP contribution in [0.25, 0.3) is 11.1 Å². The minimum absolute atomic E-state index is 0.0475. The summed E-state index contributed by atoms with van der Waals surface area (Å²) in [6, 6.07) is 9.87. The molecule has 0 aromatic heterocycles. The summed E-state index contributed by atoms with van der Waals surface area (Å²) in [5.41, 5.74) is 2.06. The number of hydrogen-bond donors (Lipinski definition) is 1. The number of halogens is 4. The zero-order valence-corrected chi connectivity index (χ0v) is 21.8. The normalized spacial score (nSPS) is 12.4. The van der Waals surface area contributed by atoms with Crippen LogP contribution in [0.15, 0.2) is 42.5 Å². The van der Waals surface area contributed by atoms with Crippen molar-refractivity contribution in [2.45, 2.75) is 25.7 Å². The van der Waals surface area contributed by atoms with Gasteiger partial charge in [0, 0.05) is 20.8 Å². The van der Waals surface area contributed by atoms with E-state index in [9.17, 15) is 23.5 Å². The van der Waals surface area contributed by atoms with E-state index in [0.717, 1.165) is 28.0 Å². The molecule has 35 heavy (non-hydrogen) atoms. The molecule has 3 aromatic carbocycles. The minimum atomic E-state index is -0.685. The molecule has 184 valence electrons. The number of methoxy groups -OCH3 is 1. The Kier molecular flexibility index (Phi) is 9.07. The molecule has 3 aromatic rings. The van der Waals surface area contributed by atoms with Crippen LogP contribution >= 0.6 is 34.2 Å². The molecule has 0 aliphatic heterocycles. The summed E-state index contributed by atoms with van der Waals surface area (Å²) < 4.78 is 38.3. The molecular weight excluding hydrogens is 593 g/mol. The first kappa shape index (κ1) is 26.9. The zero-order valence-electron chi connectivity index (χ0n) is 18.9. The van der Waals surface area contributed by atoms with Crippen molar-refractivity contribution >= 4 is 46.4 Å². The molecule has 0 bridgehead atoms. The van der Waals surface area contributed by atoms with E-state index in [1.54, 1.807) is 19.1 Å². The van der Waals surface area contributed by atoms with Crippen LogP contribution in [-0.2, 0) is 4.74 Å². The predicted molar refractivity (Wildman–Crippen MR) is 137 cm³/mol. The highest BCUT2D eigenvalue weighted by molar-refractivity contribution is 14.1. The third-order valence-corrected chi connectivity index (χ3v) is 6.31. The first-order valence-electron chi connectivity index (χ1n) is 10.7. The molecule has 0 radical (unpaired) electrons. The van der Waals surface area contributed by atoms with E-state index in [-0.39, 0.29) is 33.6 Å². The molecule has 1 aliphatic carbocycles. The molecular formula is C26H22ClF2IO5. The van der Waals surface area contributed by atoms with Crippen molar-refractivity contribution in [3.8, 4) is 22.6 Å². The van der Waals surface area contributed by atoms with Gasteiger partial charge in [-0.05, 0) is 90.2 Å². The number of esters is 1. The van der Waals surface area contributed by atoms with Crippen LogP contribution < -0.4 is 4.74 Å². The molecule has 4 rings (SSSR count). The van der Waals surface area contributed by atoms with E-state index in [1.165, 1.54) is 31.4 Å². The van der Waals surface area contributed by atoms with Gasteiger partial charge in [-0.1, -0.05) is 11.6 Å². The number of carbonyl (C=O) groups is 2. The predicted octanol–water partition coefficient (Wildman–Crippen LogP) is 7.16.